The fourth-order valence-corrected chi connectivity index (χ4v) is 2.86. The highest BCUT2D eigenvalue weighted by atomic mass is 16.5. The minimum absolute atomic E-state index is 0.220. The van der Waals surface area contributed by atoms with Crippen LogP contribution >= 0.6 is 0 Å². The first-order valence-electron chi connectivity index (χ1n) is 7.60. The maximum Gasteiger partial charge on any atom is 0.126 e. The summed E-state index contributed by atoms with van der Waals surface area (Å²) >= 11 is 0. The van der Waals surface area contributed by atoms with Gasteiger partial charge >= 0.3 is 0 Å². The fourth-order valence-electron chi connectivity index (χ4n) is 2.86. The maximum absolute atomic E-state index is 5.65. The molecule has 3 rings (SSSR count). The number of hydrogen-bond acceptors (Lipinski definition) is 3. The van der Waals surface area contributed by atoms with E-state index in [4.69, 9.17) is 4.74 Å². The lowest BCUT2D eigenvalue weighted by Crippen LogP contribution is -2.43. The smallest absolute Gasteiger partial charge is 0.126 e. The van der Waals surface area contributed by atoms with Gasteiger partial charge in [-0.25, -0.2) is 4.98 Å². The molecule has 1 aliphatic heterocycles. The second kappa shape index (κ2) is 6.00. The Labute approximate surface area is 126 Å². The van der Waals surface area contributed by atoms with E-state index in [9.17, 15) is 0 Å². The lowest BCUT2D eigenvalue weighted by Gasteiger charge is -2.37. The molecule has 4 heteroatoms. The molecule has 0 saturated carbocycles. The van der Waals surface area contributed by atoms with Gasteiger partial charge in [-0.2, -0.15) is 0 Å². The molecule has 1 aliphatic rings. The predicted molar refractivity (Wildman–Crippen MR) is 84.2 cm³/mol. The van der Waals surface area contributed by atoms with Crippen molar-refractivity contribution in [2.75, 3.05) is 19.8 Å². The monoisotopic (exact) mass is 285 g/mol. The van der Waals surface area contributed by atoms with E-state index >= 15 is 0 Å². The molecule has 4 nitrogen and oxygen atoms in total. The molecule has 1 saturated heterocycles. The van der Waals surface area contributed by atoms with Crippen LogP contribution in [0.1, 0.15) is 31.3 Å². The first-order valence-corrected chi connectivity index (χ1v) is 7.60. The number of aromatic amines is 1. The average Bonchev–Trinajstić information content (AvgIpc) is 2.97. The van der Waals surface area contributed by atoms with Gasteiger partial charge in [-0.1, -0.05) is 29.8 Å². The SMILES string of the molecule is Cc1ccc(-c2cnc([C@@H]3COCCN3C(C)C)[nH]2)cc1. The molecule has 2 aromatic rings. The molecule has 112 valence electrons. The molecule has 2 heterocycles. The van der Waals surface area contributed by atoms with Crippen LogP contribution in [0.3, 0.4) is 0 Å². The second-order valence-electron chi connectivity index (χ2n) is 5.97. The Hall–Kier alpha value is -1.65. The second-order valence-corrected chi connectivity index (χ2v) is 5.97. The summed E-state index contributed by atoms with van der Waals surface area (Å²) in [6.45, 7) is 9.02. The van der Waals surface area contributed by atoms with Crippen molar-refractivity contribution in [1.82, 2.24) is 14.9 Å². The van der Waals surface area contributed by atoms with E-state index in [2.05, 4.69) is 59.9 Å². The highest BCUT2D eigenvalue weighted by Crippen LogP contribution is 2.26. The summed E-state index contributed by atoms with van der Waals surface area (Å²) in [4.78, 5) is 10.5. The zero-order valence-corrected chi connectivity index (χ0v) is 13.0. The lowest BCUT2D eigenvalue weighted by molar-refractivity contribution is -0.0262. The van der Waals surface area contributed by atoms with Crippen LogP contribution in [0.15, 0.2) is 30.5 Å². The fraction of sp³-hybridized carbons (Fsp3) is 0.471. The van der Waals surface area contributed by atoms with E-state index in [0.29, 0.717) is 12.6 Å². The van der Waals surface area contributed by atoms with Crippen LogP contribution in [0.25, 0.3) is 11.3 Å². The van der Waals surface area contributed by atoms with E-state index in [0.717, 1.165) is 24.7 Å². The first-order chi connectivity index (χ1) is 10.1. The summed E-state index contributed by atoms with van der Waals surface area (Å²) in [5, 5.41) is 0. The standard InChI is InChI=1S/C17H23N3O/c1-12(2)20-8-9-21-11-16(20)17-18-10-15(19-17)14-6-4-13(3)5-7-14/h4-7,10,12,16H,8-9,11H2,1-3H3,(H,18,19)/t16-/m0/s1. The van der Waals surface area contributed by atoms with Crippen molar-refractivity contribution in [1.29, 1.82) is 0 Å². The summed E-state index contributed by atoms with van der Waals surface area (Å²) in [6.07, 6.45) is 1.92. The van der Waals surface area contributed by atoms with E-state index in [1.165, 1.54) is 11.1 Å². The van der Waals surface area contributed by atoms with Gasteiger partial charge in [0.1, 0.15) is 5.82 Å². The number of nitrogens with zero attached hydrogens (tertiary/aromatic N) is 2. The van der Waals surface area contributed by atoms with Crippen LogP contribution in [-0.4, -0.2) is 40.7 Å². The molecular weight excluding hydrogens is 262 g/mol. The number of benzene rings is 1. The van der Waals surface area contributed by atoms with Crippen molar-refractivity contribution in [3.05, 3.63) is 41.9 Å². The summed E-state index contributed by atoms with van der Waals surface area (Å²) < 4.78 is 5.65. The van der Waals surface area contributed by atoms with E-state index in [1.807, 2.05) is 6.20 Å². The molecule has 0 radical (unpaired) electrons. The summed E-state index contributed by atoms with van der Waals surface area (Å²) in [5.41, 5.74) is 3.51. The number of hydrogen-bond donors (Lipinski definition) is 1. The number of nitrogens with one attached hydrogen (secondary N) is 1. The molecular formula is C17H23N3O. The van der Waals surface area contributed by atoms with Crippen LogP contribution in [0.2, 0.25) is 0 Å². The van der Waals surface area contributed by atoms with Gasteiger partial charge in [0, 0.05) is 12.6 Å². The van der Waals surface area contributed by atoms with E-state index in [-0.39, 0.29) is 6.04 Å². The Morgan fingerprint density at radius 3 is 2.76 bits per heavy atom. The van der Waals surface area contributed by atoms with Crippen molar-refractivity contribution in [3.63, 3.8) is 0 Å². The summed E-state index contributed by atoms with van der Waals surface area (Å²) in [7, 11) is 0. The summed E-state index contributed by atoms with van der Waals surface area (Å²) in [5.74, 6) is 0.999. The maximum atomic E-state index is 5.65. The van der Waals surface area contributed by atoms with Crippen LogP contribution in [0, 0.1) is 6.92 Å². The number of ether oxygens (including phenoxy) is 1. The number of morpholine rings is 1. The van der Waals surface area contributed by atoms with Gasteiger partial charge < -0.3 is 9.72 Å². The molecule has 1 aromatic carbocycles. The third-order valence-corrected chi connectivity index (χ3v) is 4.11. The highest BCUT2D eigenvalue weighted by Gasteiger charge is 2.28. The van der Waals surface area contributed by atoms with Crippen molar-refractivity contribution in [3.8, 4) is 11.3 Å². The van der Waals surface area contributed by atoms with Gasteiger partial charge in [-0.15, -0.1) is 0 Å². The zero-order chi connectivity index (χ0) is 14.8. The lowest BCUT2D eigenvalue weighted by atomic mass is 10.1. The number of H-pyrrole nitrogens is 1. The van der Waals surface area contributed by atoms with Gasteiger partial charge in [0.2, 0.25) is 0 Å². The number of imidazole rings is 1. The molecule has 0 amide bonds. The Kier molecular flexibility index (Phi) is 4.08. The first kappa shape index (κ1) is 14.3. The molecule has 0 unspecified atom stereocenters. The molecule has 1 aromatic heterocycles. The van der Waals surface area contributed by atoms with Gasteiger partial charge in [0.25, 0.3) is 0 Å². The van der Waals surface area contributed by atoms with Gasteiger partial charge in [-0.05, 0) is 26.3 Å². The quantitative estimate of drug-likeness (QED) is 0.941. The van der Waals surface area contributed by atoms with E-state index < -0.39 is 0 Å². The number of aromatic nitrogens is 2. The van der Waals surface area contributed by atoms with Crippen LogP contribution in [0.4, 0.5) is 0 Å². The van der Waals surface area contributed by atoms with Gasteiger partial charge in [-0.3, -0.25) is 4.90 Å². The average molecular weight is 285 g/mol. The number of rotatable bonds is 3. The Morgan fingerprint density at radius 2 is 2.05 bits per heavy atom. The van der Waals surface area contributed by atoms with Gasteiger partial charge in [0.05, 0.1) is 31.1 Å². The van der Waals surface area contributed by atoms with Crippen molar-refractivity contribution in [2.45, 2.75) is 32.9 Å². The molecule has 0 aliphatic carbocycles. The molecule has 1 N–H and O–H groups in total. The number of aryl methyl sites for hydroxylation is 1. The molecule has 21 heavy (non-hydrogen) atoms. The Morgan fingerprint density at radius 1 is 1.29 bits per heavy atom. The molecule has 1 fully saturated rings. The minimum atomic E-state index is 0.220. The predicted octanol–water partition coefficient (Wildman–Crippen LogP) is 3.17. The van der Waals surface area contributed by atoms with Crippen LogP contribution in [-0.2, 0) is 4.74 Å². The van der Waals surface area contributed by atoms with E-state index in [1.54, 1.807) is 0 Å². The van der Waals surface area contributed by atoms with Crippen LogP contribution < -0.4 is 0 Å². The largest absolute Gasteiger partial charge is 0.378 e. The third kappa shape index (κ3) is 3.01. The third-order valence-electron chi connectivity index (χ3n) is 4.11. The minimum Gasteiger partial charge on any atom is -0.378 e. The Bertz CT molecular complexity index is 588. The van der Waals surface area contributed by atoms with Crippen molar-refractivity contribution < 1.29 is 4.74 Å². The van der Waals surface area contributed by atoms with Crippen molar-refractivity contribution >= 4 is 0 Å². The zero-order valence-electron chi connectivity index (χ0n) is 13.0. The van der Waals surface area contributed by atoms with Gasteiger partial charge in [0.15, 0.2) is 0 Å². The van der Waals surface area contributed by atoms with Crippen LogP contribution in [0.5, 0.6) is 0 Å². The topological polar surface area (TPSA) is 41.1 Å². The molecule has 0 spiro atoms. The van der Waals surface area contributed by atoms with Crippen molar-refractivity contribution in [2.24, 2.45) is 0 Å². The summed E-state index contributed by atoms with van der Waals surface area (Å²) in [6, 6.07) is 9.22. The Balaban J connectivity index is 1.85. The molecule has 1 atom stereocenters. The normalized spacial score (nSPS) is 20.1. The highest BCUT2D eigenvalue weighted by molar-refractivity contribution is 5.58. The molecule has 0 bridgehead atoms.